The number of piperidine rings is 1. The lowest BCUT2D eigenvalue weighted by atomic mass is 9.79. The third kappa shape index (κ3) is 3.81. The Balaban J connectivity index is 1.85. The van der Waals surface area contributed by atoms with Crippen LogP contribution in [0.3, 0.4) is 0 Å². The van der Waals surface area contributed by atoms with E-state index in [9.17, 15) is 22.8 Å². The number of rotatable bonds is 3. The van der Waals surface area contributed by atoms with E-state index < -0.39 is 35.5 Å². The minimum Gasteiger partial charge on any atom is -0.286 e. The molecule has 0 saturated carbocycles. The minimum atomic E-state index is -4.71. The topological polar surface area (TPSA) is 86.8 Å². The van der Waals surface area contributed by atoms with Gasteiger partial charge in [-0.2, -0.15) is 17.7 Å². The number of hydrogen-bond donors (Lipinski definition) is 2. The van der Waals surface area contributed by atoms with Crippen LogP contribution in [0.15, 0.2) is 78.9 Å². The molecule has 2 aromatic heterocycles. The molecule has 0 aliphatic carbocycles. The highest BCUT2D eigenvalue weighted by molar-refractivity contribution is 6.13. The molecule has 0 radical (unpaired) electrons. The Morgan fingerprint density at radius 3 is 2.22 bits per heavy atom. The lowest BCUT2D eigenvalue weighted by Gasteiger charge is -2.29. The smallest absolute Gasteiger partial charge is 0.286 e. The molecule has 1 fully saturated rings. The molecule has 6 nitrogen and oxygen atoms in total. The molecule has 3 aromatic rings. The summed E-state index contributed by atoms with van der Waals surface area (Å²) in [6.45, 7) is 0. The van der Waals surface area contributed by atoms with Crippen LogP contribution in [0.5, 0.6) is 0 Å². The van der Waals surface area contributed by atoms with Crippen molar-refractivity contribution < 1.29 is 27.3 Å². The predicted molar refractivity (Wildman–Crippen MR) is 107 cm³/mol. The summed E-state index contributed by atoms with van der Waals surface area (Å²) in [4.78, 5) is 29.1. The zero-order valence-electron chi connectivity index (χ0n) is 16.4. The molecule has 9 heteroatoms. The van der Waals surface area contributed by atoms with E-state index in [1.165, 1.54) is 22.8 Å². The molecule has 1 aromatic carbocycles. The van der Waals surface area contributed by atoms with E-state index in [0.29, 0.717) is 0 Å². The van der Waals surface area contributed by atoms with Crippen LogP contribution in [-0.4, -0.2) is 22.7 Å². The lowest BCUT2D eigenvalue weighted by Crippen LogP contribution is -2.57. The number of hydrogen-bond acceptors (Lipinski definition) is 4. The van der Waals surface area contributed by atoms with Crippen LogP contribution in [0.25, 0.3) is 11.1 Å². The van der Waals surface area contributed by atoms with Crippen molar-refractivity contribution in [1.82, 2.24) is 10.3 Å². The second kappa shape index (κ2) is 8.20. The Bertz CT molecular complexity index is 1230. The maximum atomic E-state index is 13.7. The number of carbonyl (C=O) groups is 2. The number of halogens is 3. The zero-order chi connectivity index (χ0) is 22.9. The fourth-order valence-corrected chi connectivity index (χ4v) is 3.86. The molecule has 160 valence electrons. The van der Waals surface area contributed by atoms with Gasteiger partial charge in [-0.25, -0.2) is 0 Å². The van der Waals surface area contributed by atoms with Crippen LogP contribution in [-0.2, 0) is 15.8 Å². The molecule has 4 rings (SSSR count). The molecular formula is C23H16F3N4O2+. The average molecular weight is 437 g/mol. The van der Waals surface area contributed by atoms with Gasteiger partial charge in [0.25, 0.3) is 11.8 Å². The molecule has 2 unspecified atom stereocenters. The maximum absolute atomic E-state index is 13.7. The summed E-state index contributed by atoms with van der Waals surface area (Å²) in [5.41, 5.74) is 0.0883. The summed E-state index contributed by atoms with van der Waals surface area (Å²) >= 11 is 0. The van der Waals surface area contributed by atoms with Crippen molar-refractivity contribution in [1.29, 1.82) is 5.41 Å². The van der Waals surface area contributed by atoms with E-state index in [-0.39, 0.29) is 11.1 Å². The lowest BCUT2D eigenvalue weighted by molar-refractivity contribution is -0.711. The third-order valence-electron chi connectivity index (χ3n) is 5.30. The van der Waals surface area contributed by atoms with Crippen LogP contribution < -0.4 is 9.88 Å². The van der Waals surface area contributed by atoms with E-state index in [1.54, 1.807) is 49.1 Å². The van der Waals surface area contributed by atoms with Gasteiger partial charge in [0.1, 0.15) is 0 Å². The predicted octanol–water partition coefficient (Wildman–Crippen LogP) is 3.21. The molecule has 1 aliphatic heterocycles. The number of benzene rings is 1. The fourth-order valence-electron chi connectivity index (χ4n) is 3.86. The third-order valence-corrected chi connectivity index (χ3v) is 5.30. The highest BCUT2D eigenvalue weighted by Crippen LogP contribution is 2.42. The largest absolute Gasteiger partial charge is 0.416 e. The molecule has 0 bridgehead atoms. The highest BCUT2D eigenvalue weighted by Gasteiger charge is 2.50. The number of aromatic nitrogens is 2. The summed E-state index contributed by atoms with van der Waals surface area (Å²) in [5.74, 6) is -1.09. The van der Waals surface area contributed by atoms with Gasteiger partial charge in [0.05, 0.1) is 17.1 Å². The summed E-state index contributed by atoms with van der Waals surface area (Å²) in [5, 5.41) is 9.67. The van der Waals surface area contributed by atoms with Gasteiger partial charge in [-0.15, -0.1) is 0 Å². The normalized spacial score (nSPS) is 18.8. The van der Waals surface area contributed by atoms with E-state index in [4.69, 9.17) is 5.41 Å². The standard InChI is InChI=1S/C23H15F3N4O2/c24-23(25,26)18-4-2-1-3-16(18)19-17(13-27)21(31)29-22(32)20(19)30-11-7-15(8-12-30)14-5-9-28-10-6-14/h1-12,19-20,27H/p+1. The number of carbonyl (C=O) groups excluding carboxylic acids is 2. The van der Waals surface area contributed by atoms with Gasteiger partial charge in [0, 0.05) is 24.5 Å². The van der Waals surface area contributed by atoms with Crippen LogP contribution in [0.2, 0.25) is 0 Å². The molecule has 1 aliphatic rings. The Hall–Kier alpha value is -4.10. The van der Waals surface area contributed by atoms with Gasteiger partial charge in [0.15, 0.2) is 12.4 Å². The van der Waals surface area contributed by atoms with Gasteiger partial charge >= 0.3 is 6.18 Å². The SMILES string of the molecule is N=C=C1C(=O)NC(=O)C([n+]2ccc(-c3ccncc3)cc2)C1c1ccccc1C(F)(F)F. The average Bonchev–Trinajstić information content (AvgIpc) is 2.79. The Kier molecular flexibility index (Phi) is 5.42. The molecule has 3 heterocycles. The molecule has 0 spiro atoms. The fraction of sp³-hybridized carbons (Fsp3) is 0.130. The monoisotopic (exact) mass is 437 g/mol. The van der Waals surface area contributed by atoms with Crippen molar-refractivity contribution in [2.75, 3.05) is 0 Å². The molecule has 2 N–H and O–H groups in total. The molecule has 1 saturated heterocycles. The summed E-state index contributed by atoms with van der Waals surface area (Å²) in [7, 11) is 0. The Morgan fingerprint density at radius 1 is 0.969 bits per heavy atom. The second-order valence-electron chi connectivity index (χ2n) is 7.13. The van der Waals surface area contributed by atoms with Gasteiger partial charge < -0.3 is 0 Å². The van der Waals surface area contributed by atoms with E-state index >= 15 is 0 Å². The molecule has 32 heavy (non-hydrogen) atoms. The second-order valence-corrected chi connectivity index (χ2v) is 7.13. The number of pyridine rings is 2. The van der Waals surface area contributed by atoms with Crippen LogP contribution >= 0.6 is 0 Å². The molecular weight excluding hydrogens is 421 g/mol. The number of nitrogens with zero attached hydrogens (tertiary/aromatic N) is 2. The number of amides is 2. The van der Waals surface area contributed by atoms with Crippen LogP contribution in [0.1, 0.15) is 23.1 Å². The number of nitrogens with one attached hydrogen (secondary N) is 2. The highest BCUT2D eigenvalue weighted by atomic mass is 19.4. The first-order valence-electron chi connectivity index (χ1n) is 9.53. The van der Waals surface area contributed by atoms with Crippen molar-refractivity contribution in [3.8, 4) is 11.1 Å². The van der Waals surface area contributed by atoms with E-state index in [0.717, 1.165) is 17.2 Å². The first-order chi connectivity index (χ1) is 15.3. The maximum Gasteiger partial charge on any atom is 0.416 e. The van der Waals surface area contributed by atoms with E-state index in [2.05, 4.69) is 10.3 Å². The summed E-state index contributed by atoms with van der Waals surface area (Å²) in [6.07, 6.45) is 1.66. The Labute approximate surface area is 180 Å². The number of imide groups is 1. The van der Waals surface area contributed by atoms with Crippen molar-refractivity contribution in [2.45, 2.75) is 18.1 Å². The van der Waals surface area contributed by atoms with Crippen molar-refractivity contribution in [3.05, 3.63) is 90.0 Å². The van der Waals surface area contributed by atoms with Crippen LogP contribution in [0, 0.1) is 5.41 Å². The van der Waals surface area contributed by atoms with Gasteiger partial charge in [-0.05, 0) is 40.8 Å². The minimum absolute atomic E-state index is 0.270. The first-order valence-corrected chi connectivity index (χ1v) is 9.53. The van der Waals surface area contributed by atoms with Gasteiger partial charge in [0.2, 0.25) is 6.04 Å². The summed E-state index contributed by atoms with van der Waals surface area (Å²) in [6, 6.07) is 10.5. The quantitative estimate of drug-likeness (QED) is 0.286. The summed E-state index contributed by atoms with van der Waals surface area (Å²) < 4.78 is 42.6. The molecule has 2 atom stereocenters. The Morgan fingerprint density at radius 2 is 1.59 bits per heavy atom. The molecule has 2 amide bonds. The van der Waals surface area contributed by atoms with Crippen LogP contribution in [0.4, 0.5) is 13.2 Å². The first kappa shape index (κ1) is 21.1. The van der Waals surface area contributed by atoms with Crippen molar-refractivity contribution in [3.63, 3.8) is 0 Å². The van der Waals surface area contributed by atoms with Crippen molar-refractivity contribution >= 4 is 17.7 Å². The van der Waals surface area contributed by atoms with Crippen molar-refractivity contribution in [2.24, 2.45) is 0 Å². The number of alkyl halides is 3. The van der Waals surface area contributed by atoms with Gasteiger partial charge in [-0.1, -0.05) is 18.2 Å². The zero-order valence-corrected chi connectivity index (χ0v) is 16.4. The van der Waals surface area contributed by atoms with Gasteiger partial charge in [-0.3, -0.25) is 25.3 Å². The van der Waals surface area contributed by atoms with E-state index in [1.807, 2.05) is 5.87 Å².